The molecule has 0 bridgehead atoms. The number of tetrazole rings is 1. The van der Waals surface area contributed by atoms with Gasteiger partial charge in [0.15, 0.2) is 5.82 Å². The molecular formula is C13H8BrF2N5. The van der Waals surface area contributed by atoms with Crippen molar-refractivity contribution in [2.24, 2.45) is 0 Å². The molecule has 106 valence electrons. The molecule has 21 heavy (non-hydrogen) atoms. The van der Waals surface area contributed by atoms with E-state index in [9.17, 15) is 8.78 Å². The van der Waals surface area contributed by atoms with E-state index >= 15 is 0 Å². The third-order valence-corrected chi connectivity index (χ3v) is 3.47. The highest BCUT2D eigenvalue weighted by atomic mass is 79.9. The Bertz CT molecular complexity index is 818. The molecule has 0 unspecified atom stereocenters. The summed E-state index contributed by atoms with van der Waals surface area (Å²) in [6, 6.07) is 8.15. The number of hydrogen-bond donors (Lipinski definition) is 1. The number of nitrogens with two attached hydrogens (primary N) is 1. The summed E-state index contributed by atoms with van der Waals surface area (Å²) in [6.45, 7) is 0. The van der Waals surface area contributed by atoms with Gasteiger partial charge in [-0.3, -0.25) is 0 Å². The van der Waals surface area contributed by atoms with Crippen LogP contribution in [0, 0.1) is 11.6 Å². The van der Waals surface area contributed by atoms with Crippen molar-refractivity contribution in [1.29, 1.82) is 0 Å². The van der Waals surface area contributed by atoms with Crippen LogP contribution in [0.5, 0.6) is 0 Å². The molecule has 1 aromatic heterocycles. The smallest absolute Gasteiger partial charge is 0.190 e. The fraction of sp³-hybridized carbons (Fsp3) is 0. The van der Waals surface area contributed by atoms with Gasteiger partial charge in [-0.05, 0) is 62.8 Å². The lowest BCUT2D eigenvalue weighted by Gasteiger charge is -2.08. The lowest BCUT2D eigenvalue weighted by atomic mass is 10.1. The average Bonchev–Trinajstić information content (AvgIpc) is 2.90. The largest absolute Gasteiger partial charge is 0.399 e. The molecule has 0 saturated carbocycles. The Morgan fingerprint density at radius 1 is 1.10 bits per heavy atom. The quantitative estimate of drug-likeness (QED) is 0.720. The molecule has 0 spiro atoms. The highest BCUT2D eigenvalue weighted by Gasteiger charge is 2.17. The van der Waals surface area contributed by atoms with E-state index in [1.165, 1.54) is 41.1 Å². The summed E-state index contributed by atoms with van der Waals surface area (Å²) in [6.07, 6.45) is 0. The van der Waals surface area contributed by atoms with Crippen LogP contribution in [0.4, 0.5) is 14.5 Å². The molecule has 0 amide bonds. The summed E-state index contributed by atoms with van der Waals surface area (Å²) in [5.74, 6) is -0.735. The molecule has 0 radical (unpaired) electrons. The van der Waals surface area contributed by atoms with E-state index in [4.69, 9.17) is 5.73 Å². The van der Waals surface area contributed by atoms with E-state index in [1.807, 2.05) is 0 Å². The maximum atomic E-state index is 14.0. The van der Waals surface area contributed by atoms with Crippen LogP contribution in [0.1, 0.15) is 0 Å². The molecule has 2 N–H and O–H groups in total. The monoisotopic (exact) mass is 351 g/mol. The van der Waals surface area contributed by atoms with Gasteiger partial charge >= 0.3 is 0 Å². The molecule has 3 rings (SSSR count). The molecule has 1 heterocycles. The van der Waals surface area contributed by atoms with Crippen LogP contribution in [0.2, 0.25) is 0 Å². The van der Waals surface area contributed by atoms with Gasteiger partial charge in [-0.1, -0.05) is 0 Å². The van der Waals surface area contributed by atoms with Crippen molar-refractivity contribution in [3.8, 4) is 17.1 Å². The number of nitrogens with zero attached hydrogens (tertiary/aromatic N) is 4. The van der Waals surface area contributed by atoms with Gasteiger partial charge in [0.05, 0.1) is 11.3 Å². The average molecular weight is 352 g/mol. The fourth-order valence-electron chi connectivity index (χ4n) is 1.88. The van der Waals surface area contributed by atoms with Crippen LogP contribution in [0.3, 0.4) is 0 Å². The summed E-state index contributed by atoms with van der Waals surface area (Å²) in [5, 5.41) is 11.2. The Kier molecular flexibility index (Phi) is 3.38. The Morgan fingerprint density at radius 3 is 2.67 bits per heavy atom. The molecule has 0 saturated heterocycles. The first-order chi connectivity index (χ1) is 10.1. The van der Waals surface area contributed by atoms with Crippen molar-refractivity contribution in [1.82, 2.24) is 20.2 Å². The van der Waals surface area contributed by atoms with Gasteiger partial charge in [0.25, 0.3) is 0 Å². The van der Waals surface area contributed by atoms with Gasteiger partial charge in [0.1, 0.15) is 11.6 Å². The standard InChI is InChI=1S/C13H8BrF2N5/c14-10-5-7(15)1-4-12(10)21-13(18-19-20-21)9-6-8(17)2-3-11(9)16/h1-6H,17H2. The zero-order valence-corrected chi connectivity index (χ0v) is 12.1. The molecule has 0 atom stereocenters. The number of anilines is 1. The Hall–Kier alpha value is -2.35. The Balaban J connectivity index is 2.19. The Morgan fingerprint density at radius 2 is 1.90 bits per heavy atom. The molecule has 0 aliphatic heterocycles. The molecule has 5 nitrogen and oxygen atoms in total. The van der Waals surface area contributed by atoms with E-state index in [0.29, 0.717) is 15.8 Å². The van der Waals surface area contributed by atoms with E-state index in [1.54, 1.807) is 0 Å². The van der Waals surface area contributed by atoms with Crippen LogP contribution in [-0.4, -0.2) is 20.2 Å². The first-order valence-electron chi connectivity index (χ1n) is 5.85. The van der Waals surface area contributed by atoms with Crippen molar-refractivity contribution < 1.29 is 8.78 Å². The molecule has 2 aromatic carbocycles. The second-order valence-electron chi connectivity index (χ2n) is 4.25. The predicted octanol–water partition coefficient (Wildman–Crippen LogP) is 2.95. The summed E-state index contributed by atoms with van der Waals surface area (Å²) in [4.78, 5) is 0. The molecule has 0 aliphatic rings. The first-order valence-corrected chi connectivity index (χ1v) is 6.65. The van der Waals surface area contributed by atoms with Crippen molar-refractivity contribution in [3.05, 3.63) is 52.5 Å². The summed E-state index contributed by atoms with van der Waals surface area (Å²) in [5.41, 5.74) is 6.70. The van der Waals surface area contributed by atoms with Gasteiger partial charge < -0.3 is 5.73 Å². The number of rotatable bonds is 2. The van der Waals surface area contributed by atoms with Crippen LogP contribution in [0.15, 0.2) is 40.9 Å². The van der Waals surface area contributed by atoms with Crippen molar-refractivity contribution in [2.45, 2.75) is 0 Å². The van der Waals surface area contributed by atoms with Crippen LogP contribution >= 0.6 is 15.9 Å². The number of hydrogen-bond acceptors (Lipinski definition) is 4. The summed E-state index contributed by atoms with van der Waals surface area (Å²) in [7, 11) is 0. The third kappa shape index (κ3) is 2.49. The highest BCUT2D eigenvalue weighted by Crippen LogP contribution is 2.28. The molecule has 3 aromatic rings. The fourth-order valence-corrected chi connectivity index (χ4v) is 2.40. The third-order valence-electron chi connectivity index (χ3n) is 2.84. The van der Waals surface area contributed by atoms with E-state index in [-0.39, 0.29) is 11.4 Å². The Labute approximate surface area is 126 Å². The zero-order valence-electron chi connectivity index (χ0n) is 10.5. The van der Waals surface area contributed by atoms with Crippen molar-refractivity contribution in [2.75, 3.05) is 5.73 Å². The summed E-state index contributed by atoms with van der Waals surface area (Å²) < 4.78 is 28.9. The molecule has 8 heteroatoms. The van der Waals surface area contributed by atoms with Crippen molar-refractivity contribution >= 4 is 21.6 Å². The predicted molar refractivity (Wildman–Crippen MR) is 76.6 cm³/mol. The normalized spacial score (nSPS) is 10.8. The molecule has 0 aliphatic carbocycles. The molecular weight excluding hydrogens is 344 g/mol. The SMILES string of the molecule is Nc1ccc(F)c(-c2nnnn2-c2ccc(F)cc2Br)c1. The van der Waals surface area contributed by atoms with Crippen LogP contribution in [0.25, 0.3) is 17.1 Å². The first kappa shape index (κ1) is 13.6. The minimum atomic E-state index is -0.501. The zero-order chi connectivity index (χ0) is 15.0. The number of nitrogen functional groups attached to an aromatic ring is 1. The number of aromatic nitrogens is 4. The van der Waals surface area contributed by atoms with Gasteiger partial charge in [0.2, 0.25) is 0 Å². The lowest BCUT2D eigenvalue weighted by molar-refractivity contribution is 0.624. The highest BCUT2D eigenvalue weighted by molar-refractivity contribution is 9.10. The maximum Gasteiger partial charge on any atom is 0.190 e. The second-order valence-corrected chi connectivity index (χ2v) is 5.10. The minimum absolute atomic E-state index is 0.163. The van der Waals surface area contributed by atoms with Gasteiger partial charge in [-0.25, -0.2) is 8.78 Å². The number of benzene rings is 2. The van der Waals surface area contributed by atoms with Gasteiger partial charge in [-0.2, -0.15) is 4.68 Å². The second kappa shape index (κ2) is 5.21. The van der Waals surface area contributed by atoms with Gasteiger partial charge in [0, 0.05) is 10.2 Å². The van der Waals surface area contributed by atoms with E-state index in [0.717, 1.165) is 0 Å². The van der Waals surface area contributed by atoms with Gasteiger partial charge in [-0.15, -0.1) is 5.10 Å². The number of halogens is 3. The van der Waals surface area contributed by atoms with Crippen LogP contribution in [-0.2, 0) is 0 Å². The molecule has 0 fully saturated rings. The van der Waals surface area contributed by atoms with E-state index in [2.05, 4.69) is 31.5 Å². The maximum absolute atomic E-state index is 14.0. The van der Waals surface area contributed by atoms with E-state index < -0.39 is 11.6 Å². The lowest BCUT2D eigenvalue weighted by Crippen LogP contribution is -2.02. The summed E-state index contributed by atoms with van der Waals surface area (Å²) >= 11 is 3.23. The minimum Gasteiger partial charge on any atom is -0.399 e. The topological polar surface area (TPSA) is 69.6 Å². The van der Waals surface area contributed by atoms with Crippen LogP contribution < -0.4 is 5.73 Å². The van der Waals surface area contributed by atoms with Crippen molar-refractivity contribution in [3.63, 3.8) is 0 Å².